The molecule has 0 unspecified atom stereocenters. The minimum absolute atomic E-state index is 0.788. The van der Waals surface area contributed by atoms with Gasteiger partial charge in [-0.3, -0.25) is 4.57 Å². The standard InChI is InChI=1S/C20H19INO2P/c1-22(20-14-13-16(24-2)15-19(20)21)25(23,17-9-5-3-6-10-17)18-11-7-4-8-12-18/h3-15H,1-2H3. The van der Waals surface area contributed by atoms with Gasteiger partial charge in [0.05, 0.1) is 12.8 Å². The average molecular weight is 463 g/mol. The Kier molecular flexibility index (Phi) is 5.50. The van der Waals surface area contributed by atoms with Gasteiger partial charge >= 0.3 is 0 Å². The highest BCUT2D eigenvalue weighted by Crippen LogP contribution is 2.50. The molecule has 0 heterocycles. The summed E-state index contributed by atoms with van der Waals surface area (Å²) in [6.45, 7) is 0. The quantitative estimate of drug-likeness (QED) is 0.407. The summed E-state index contributed by atoms with van der Waals surface area (Å²) in [7, 11) is 0.540. The monoisotopic (exact) mass is 463 g/mol. The molecule has 0 spiro atoms. The zero-order valence-corrected chi connectivity index (χ0v) is 17.1. The van der Waals surface area contributed by atoms with E-state index in [2.05, 4.69) is 22.6 Å². The predicted octanol–water partition coefficient (Wildman–Crippen LogP) is 4.67. The number of ether oxygens (including phenoxy) is 1. The second-order valence-electron chi connectivity index (χ2n) is 5.59. The second kappa shape index (κ2) is 7.63. The number of benzene rings is 3. The SMILES string of the molecule is COc1ccc(N(C)P(=O)(c2ccccc2)c2ccccc2)c(I)c1. The van der Waals surface area contributed by atoms with Gasteiger partial charge in [-0.15, -0.1) is 0 Å². The van der Waals surface area contributed by atoms with Gasteiger partial charge in [0.1, 0.15) is 5.75 Å². The van der Waals surface area contributed by atoms with E-state index in [4.69, 9.17) is 4.74 Å². The molecule has 5 heteroatoms. The lowest BCUT2D eigenvalue weighted by atomic mass is 10.3. The van der Waals surface area contributed by atoms with Crippen molar-refractivity contribution in [3.63, 3.8) is 0 Å². The normalized spacial score (nSPS) is 11.2. The largest absolute Gasteiger partial charge is 0.497 e. The molecular weight excluding hydrogens is 444 g/mol. The number of hydrogen-bond acceptors (Lipinski definition) is 2. The van der Waals surface area contributed by atoms with Crippen LogP contribution in [0.15, 0.2) is 78.9 Å². The van der Waals surface area contributed by atoms with E-state index in [0.717, 1.165) is 25.6 Å². The van der Waals surface area contributed by atoms with Crippen LogP contribution in [0.4, 0.5) is 5.69 Å². The fourth-order valence-electron chi connectivity index (χ4n) is 2.78. The van der Waals surface area contributed by atoms with E-state index in [-0.39, 0.29) is 0 Å². The maximum Gasteiger partial charge on any atom is 0.229 e. The maximum absolute atomic E-state index is 14.3. The highest BCUT2D eigenvalue weighted by molar-refractivity contribution is 14.1. The van der Waals surface area contributed by atoms with Crippen LogP contribution in [0.1, 0.15) is 0 Å². The number of halogens is 1. The van der Waals surface area contributed by atoms with Gasteiger partial charge < -0.3 is 9.41 Å². The summed E-state index contributed by atoms with van der Waals surface area (Å²) in [5.41, 5.74) is 0.914. The summed E-state index contributed by atoms with van der Waals surface area (Å²) in [6, 6.07) is 25.1. The van der Waals surface area contributed by atoms with Gasteiger partial charge in [-0.25, -0.2) is 0 Å². The molecule has 0 N–H and O–H groups in total. The van der Waals surface area contributed by atoms with Crippen LogP contribution in [0.3, 0.4) is 0 Å². The summed E-state index contributed by atoms with van der Waals surface area (Å²) in [4.78, 5) is 0. The van der Waals surface area contributed by atoms with E-state index in [9.17, 15) is 4.57 Å². The van der Waals surface area contributed by atoms with Gasteiger partial charge in [0.15, 0.2) is 0 Å². The van der Waals surface area contributed by atoms with Crippen molar-refractivity contribution in [2.75, 3.05) is 18.8 Å². The molecule has 0 aromatic heterocycles. The Labute approximate surface area is 162 Å². The van der Waals surface area contributed by atoms with Crippen molar-refractivity contribution in [1.29, 1.82) is 0 Å². The topological polar surface area (TPSA) is 29.5 Å². The van der Waals surface area contributed by atoms with E-state index < -0.39 is 7.29 Å². The third-order valence-corrected chi connectivity index (χ3v) is 8.06. The molecule has 3 rings (SSSR count). The van der Waals surface area contributed by atoms with E-state index in [0.29, 0.717) is 0 Å². The lowest BCUT2D eigenvalue weighted by molar-refractivity contribution is 0.414. The Morgan fingerprint density at radius 1 is 0.880 bits per heavy atom. The van der Waals surface area contributed by atoms with Crippen LogP contribution in [-0.2, 0) is 4.57 Å². The van der Waals surface area contributed by atoms with Crippen molar-refractivity contribution in [1.82, 2.24) is 0 Å². The van der Waals surface area contributed by atoms with Gasteiger partial charge in [0, 0.05) is 21.2 Å². The molecule has 0 aliphatic rings. The summed E-state index contributed by atoms with van der Waals surface area (Å²) in [5, 5.41) is 1.63. The molecule has 0 atom stereocenters. The lowest BCUT2D eigenvalue weighted by Gasteiger charge is -2.31. The molecule has 128 valence electrons. The number of hydrogen-bond donors (Lipinski definition) is 0. The maximum atomic E-state index is 14.3. The number of anilines is 1. The smallest absolute Gasteiger partial charge is 0.229 e. The Morgan fingerprint density at radius 2 is 1.40 bits per heavy atom. The molecule has 0 fully saturated rings. The van der Waals surface area contributed by atoms with E-state index in [1.165, 1.54) is 0 Å². The predicted molar refractivity (Wildman–Crippen MR) is 114 cm³/mol. The fraction of sp³-hybridized carbons (Fsp3) is 0.100. The van der Waals surface area contributed by atoms with Crippen LogP contribution in [0, 0.1) is 3.57 Å². The first-order valence-corrected chi connectivity index (χ1v) is 10.6. The number of nitrogens with zero attached hydrogens (tertiary/aromatic N) is 1. The summed E-state index contributed by atoms with van der Waals surface area (Å²) in [5.74, 6) is 0.788. The van der Waals surface area contributed by atoms with E-state index in [1.54, 1.807) is 7.11 Å². The van der Waals surface area contributed by atoms with Crippen molar-refractivity contribution >= 4 is 46.2 Å². The summed E-state index contributed by atoms with van der Waals surface area (Å²) in [6.07, 6.45) is 0. The van der Waals surface area contributed by atoms with Gasteiger partial charge in [-0.2, -0.15) is 0 Å². The Morgan fingerprint density at radius 3 is 1.84 bits per heavy atom. The Bertz CT molecular complexity index is 857. The third kappa shape index (κ3) is 3.46. The van der Waals surface area contributed by atoms with E-state index in [1.807, 2.05) is 90.6 Å². The molecular formula is C20H19INO2P. The minimum atomic E-state index is -3.00. The van der Waals surface area contributed by atoms with Crippen molar-refractivity contribution < 1.29 is 9.30 Å². The van der Waals surface area contributed by atoms with Gasteiger partial charge in [0.2, 0.25) is 7.29 Å². The Hall–Kier alpha value is -1.78. The van der Waals surface area contributed by atoms with Crippen molar-refractivity contribution in [2.45, 2.75) is 0 Å². The van der Waals surface area contributed by atoms with Crippen LogP contribution in [0.2, 0.25) is 0 Å². The van der Waals surface area contributed by atoms with Crippen LogP contribution in [-0.4, -0.2) is 14.2 Å². The number of methoxy groups -OCH3 is 1. The second-order valence-corrected chi connectivity index (χ2v) is 9.54. The molecule has 0 radical (unpaired) electrons. The highest BCUT2D eigenvalue weighted by atomic mass is 127. The molecule has 0 amide bonds. The van der Waals surface area contributed by atoms with Crippen molar-refractivity contribution in [3.05, 3.63) is 82.4 Å². The molecule has 0 aliphatic carbocycles. The molecule has 0 saturated heterocycles. The first kappa shape index (κ1) is 18.0. The van der Waals surface area contributed by atoms with E-state index >= 15 is 0 Å². The van der Waals surface area contributed by atoms with Crippen molar-refractivity contribution in [3.8, 4) is 5.75 Å². The molecule has 0 aliphatic heterocycles. The molecule has 3 aromatic rings. The van der Waals surface area contributed by atoms with Crippen LogP contribution in [0.5, 0.6) is 5.75 Å². The molecule has 3 aromatic carbocycles. The summed E-state index contributed by atoms with van der Waals surface area (Å²) >= 11 is 2.26. The highest BCUT2D eigenvalue weighted by Gasteiger charge is 2.33. The third-order valence-electron chi connectivity index (χ3n) is 4.14. The zero-order valence-electron chi connectivity index (χ0n) is 14.1. The van der Waals surface area contributed by atoms with Crippen LogP contribution >= 0.6 is 29.9 Å². The average Bonchev–Trinajstić information content (AvgIpc) is 2.68. The van der Waals surface area contributed by atoms with Gasteiger partial charge in [-0.05, 0) is 65.1 Å². The first-order chi connectivity index (χ1) is 12.1. The first-order valence-electron chi connectivity index (χ1n) is 7.86. The zero-order chi connectivity index (χ0) is 17.9. The molecule has 25 heavy (non-hydrogen) atoms. The molecule has 3 nitrogen and oxygen atoms in total. The van der Waals surface area contributed by atoms with Gasteiger partial charge in [-0.1, -0.05) is 36.4 Å². The van der Waals surface area contributed by atoms with Gasteiger partial charge in [0.25, 0.3) is 0 Å². The molecule has 0 bridgehead atoms. The Balaban J connectivity index is 2.17. The number of rotatable bonds is 5. The molecule has 0 saturated carbocycles. The van der Waals surface area contributed by atoms with Crippen molar-refractivity contribution in [2.24, 2.45) is 0 Å². The fourth-order valence-corrected chi connectivity index (χ4v) is 6.45. The summed E-state index contributed by atoms with van der Waals surface area (Å²) < 4.78 is 22.5. The van der Waals surface area contributed by atoms with Crippen LogP contribution < -0.4 is 20.0 Å². The lowest BCUT2D eigenvalue weighted by Crippen LogP contribution is -2.29. The van der Waals surface area contributed by atoms with Crippen LogP contribution in [0.25, 0.3) is 0 Å². The minimum Gasteiger partial charge on any atom is -0.497 e.